The monoisotopic (exact) mass is 399 g/mol. The summed E-state index contributed by atoms with van der Waals surface area (Å²) in [6, 6.07) is 4.09. The van der Waals surface area contributed by atoms with Gasteiger partial charge in [0.25, 0.3) is 0 Å². The maximum absolute atomic E-state index is 12.9. The molecule has 29 heavy (non-hydrogen) atoms. The normalized spacial score (nSPS) is 36.6. The van der Waals surface area contributed by atoms with Crippen LogP contribution in [0.4, 0.5) is 0 Å². The number of fused-ring (bicyclic) bond motifs is 1. The predicted molar refractivity (Wildman–Crippen MR) is 110 cm³/mol. The molecule has 4 aliphatic carbocycles. The zero-order valence-electron chi connectivity index (χ0n) is 17.6. The zero-order valence-corrected chi connectivity index (χ0v) is 17.6. The first kappa shape index (κ1) is 19.2. The van der Waals surface area contributed by atoms with Crippen LogP contribution in [0.2, 0.25) is 0 Å². The van der Waals surface area contributed by atoms with Gasteiger partial charge >= 0.3 is 0 Å². The number of amides is 1. The van der Waals surface area contributed by atoms with Gasteiger partial charge in [-0.05, 0) is 81.8 Å². The molecule has 0 saturated heterocycles. The second-order valence-corrected chi connectivity index (χ2v) is 10.3. The molecule has 0 unspecified atom stereocenters. The largest absolute Gasteiger partial charge is 0.494 e. The van der Waals surface area contributed by atoms with Crippen molar-refractivity contribution in [2.45, 2.75) is 83.5 Å². The number of nitrogens with one attached hydrogen (secondary N) is 1. The second kappa shape index (κ2) is 6.90. The van der Waals surface area contributed by atoms with Crippen LogP contribution in [0.25, 0.3) is 0 Å². The van der Waals surface area contributed by atoms with E-state index in [-0.39, 0.29) is 17.4 Å². The van der Waals surface area contributed by atoms with Gasteiger partial charge in [-0.1, -0.05) is 0 Å². The van der Waals surface area contributed by atoms with Crippen LogP contribution >= 0.6 is 0 Å². The number of hydrogen-bond donors (Lipinski definition) is 2. The summed E-state index contributed by atoms with van der Waals surface area (Å²) in [5.41, 5.74) is 1.64. The van der Waals surface area contributed by atoms with E-state index in [0.29, 0.717) is 31.4 Å². The van der Waals surface area contributed by atoms with Crippen LogP contribution in [0.5, 0.6) is 11.5 Å². The Hall–Kier alpha value is -1.75. The number of hydrogen-bond acceptors (Lipinski definition) is 4. The fraction of sp³-hybridized carbons (Fsp3) is 0.708. The van der Waals surface area contributed by atoms with Crippen LogP contribution in [0.15, 0.2) is 12.1 Å². The van der Waals surface area contributed by atoms with Gasteiger partial charge in [-0.15, -0.1) is 0 Å². The van der Waals surface area contributed by atoms with Gasteiger partial charge in [0.15, 0.2) is 0 Å². The third-order valence-electron chi connectivity index (χ3n) is 7.54. The molecule has 1 aliphatic heterocycles. The van der Waals surface area contributed by atoms with E-state index >= 15 is 0 Å². The van der Waals surface area contributed by atoms with E-state index in [0.717, 1.165) is 55.6 Å². The summed E-state index contributed by atoms with van der Waals surface area (Å²) >= 11 is 0. The quantitative estimate of drug-likeness (QED) is 0.765. The van der Waals surface area contributed by atoms with E-state index in [1.807, 2.05) is 13.0 Å². The molecule has 4 fully saturated rings. The SMILES string of the molecule is CCOc1cc2c(cc1CNC(=O)CC13C[C@@H]4C[C@H](CC(O)(C4)C1)C3)O[C@@H](C)C2. The predicted octanol–water partition coefficient (Wildman–Crippen LogP) is 3.75. The van der Waals surface area contributed by atoms with Crippen molar-refractivity contribution in [1.29, 1.82) is 0 Å². The molecule has 5 nitrogen and oxygen atoms in total. The Morgan fingerprint density at radius 2 is 2.03 bits per heavy atom. The molecule has 1 heterocycles. The summed E-state index contributed by atoms with van der Waals surface area (Å²) < 4.78 is 11.7. The molecule has 2 N–H and O–H groups in total. The first-order chi connectivity index (χ1) is 13.9. The van der Waals surface area contributed by atoms with Crippen LogP contribution in [0.1, 0.15) is 69.9 Å². The zero-order chi connectivity index (χ0) is 20.2. The molecular weight excluding hydrogens is 366 g/mol. The van der Waals surface area contributed by atoms with Gasteiger partial charge in [0.05, 0.1) is 12.2 Å². The molecule has 4 saturated carbocycles. The minimum Gasteiger partial charge on any atom is -0.494 e. The van der Waals surface area contributed by atoms with Crippen LogP contribution in [0.3, 0.4) is 0 Å². The molecule has 0 aromatic heterocycles. The van der Waals surface area contributed by atoms with Crippen molar-refractivity contribution < 1.29 is 19.4 Å². The lowest BCUT2D eigenvalue weighted by atomic mass is 9.47. The molecule has 0 spiro atoms. The van der Waals surface area contributed by atoms with Crippen LogP contribution in [0, 0.1) is 17.3 Å². The van der Waals surface area contributed by atoms with Gasteiger partial charge in [0, 0.05) is 30.5 Å². The van der Waals surface area contributed by atoms with Gasteiger partial charge in [-0.25, -0.2) is 0 Å². The summed E-state index contributed by atoms with van der Waals surface area (Å²) in [5, 5.41) is 14.1. The first-order valence-electron chi connectivity index (χ1n) is 11.3. The summed E-state index contributed by atoms with van der Waals surface area (Å²) in [7, 11) is 0. The number of rotatable bonds is 6. The summed E-state index contributed by atoms with van der Waals surface area (Å²) in [4.78, 5) is 12.9. The Morgan fingerprint density at radius 3 is 2.72 bits per heavy atom. The molecule has 1 amide bonds. The maximum atomic E-state index is 12.9. The number of ether oxygens (including phenoxy) is 2. The molecule has 158 valence electrons. The first-order valence-corrected chi connectivity index (χ1v) is 11.3. The molecule has 1 aromatic rings. The average Bonchev–Trinajstić information content (AvgIpc) is 2.96. The van der Waals surface area contributed by atoms with E-state index in [4.69, 9.17) is 9.47 Å². The van der Waals surface area contributed by atoms with Gasteiger partial charge in [-0.2, -0.15) is 0 Å². The van der Waals surface area contributed by atoms with Crippen molar-refractivity contribution >= 4 is 5.91 Å². The van der Waals surface area contributed by atoms with Crippen LogP contribution < -0.4 is 14.8 Å². The lowest BCUT2D eigenvalue weighted by molar-refractivity contribution is -0.169. The van der Waals surface area contributed by atoms with E-state index in [1.54, 1.807) is 0 Å². The van der Waals surface area contributed by atoms with E-state index in [1.165, 1.54) is 12.0 Å². The number of aliphatic hydroxyl groups is 1. The molecule has 5 aliphatic rings. The van der Waals surface area contributed by atoms with E-state index in [9.17, 15) is 9.90 Å². The van der Waals surface area contributed by atoms with Crippen molar-refractivity contribution in [2.75, 3.05) is 6.61 Å². The average molecular weight is 400 g/mol. The molecule has 0 radical (unpaired) electrons. The maximum Gasteiger partial charge on any atom is 0.220 e. The van der Waals surface area contributed by atoms with Crippen molar-refractivity contribution in [2.24, 2.45) is 17.3 Å². The minimum absolute atomic E-state index is 0.00213. The number of benzene rings is 1. The lowest BCUT2D eigenvalue weighted by Crippen LogP contribution is -2.56. The standard InChI is InChI=1S/C24H33NO4/c1-3-28-20-6-18-4-15(2)29-21(18)7-19(20)13-25-22(26)12-23-8-16-5-17(9-23)11-24(27,10-16)14-23/h6-7,15-17,27H,3-5,8-14H2,1-2H3,(H,25,26)/t15-,16-,17-,23?,24?/m0/s1. The minimum atomic E-state index is -0.513. The van der Waals surface area contributed by atoms with Crippen LogP contribution in [-0.2, 0) is 17.8 Å². The third kappa shape index (κ3) is 3.63. The van der Waals surface area contributed by atoms with Gasteiger partial charge < -0.3 is 19.9 Å². The highest BCUT2D eigenvalue weighted by Crippen LogP contribution is 2.62. The molecule has 3 atom stereocenters. The Bertz CT molecular complexity index is 805. The highest BCUT2D eigenvalue weighted by Gasteiger charge is 2.57. The van der Waals surface area contributed by atoms with E-state index in [2.05, 4.69) is 18.3 Å². The Balaban J connectivity index is 1.26. The Morgan fingerprint density at radius 1 is 1.28 bits per heavy atom. The highest BCUT2D eigenvalue weighted by atomic mass is 16.5. The van der Waals surface area contributed by atoms with Gasteiger partial charge in [0.2, 0.25) is 5.91 Å². The van der Waals surface area contributed by atoms with Crippen molar-refractivity contribution in [3.8, 4) is 11.5 Å². The number of carbonyl (C=O) groups excluding carboxylic acids is 1. The van der Waals surface area contributed by atoms with Gasteiger partial charge in [-0.3, -0.25) is 4.79 Å². The molecule has 1 aromatic carbocycles. The van der Waals surface area contributed by atoms with Crippen molar-refractivity contribution in [3.05, 3.63) is 23.3 Å². The Labute approximate surface area is 173 Å². The molecular formula is C24H33NO4. The van der Waals surface area contributed by atoms with Crippen molar-refractivity contribution in [3.63, 3.8) is 0 Å². The molecule has 5 heteroatoms. The molecule has 6 rings (SSSR count). The smallest absolute Gasteiger partial charge is 0.220 e. The second-order valence-electron chi connectivity index (χ2n) is 10.3. The highest BCUT2D eigenvalue weighted by molar-refractivity contribution is 5.77. The lowest BCUT2D eigenvalue weighted by Gasteiger charge is -2.60. The summed E-state index contributed by atoms with van der Waals surface area (Å²) in [6.07, 6.45) is 7.76. The third-order valence-corrected chi connectivity index (χ3v) is 7.54. The van der Waals surface area contributed by atoms with Gasteiger partial charge in [0.1, 0.15) is 17.6 Å². The fourth-order valence-corrected chi connectivity index (χ4v) is 7.12. The van der Waals surface area contributed by atoms with Crippen molar-refractivity contribution in [1.82, 2.24) is 5.32 Å². The Kier molecular flexibility index (Phi) is 4.57. The summed E-state index contributed by atoms with van der Waals surface area (Å²) in [5.74, 6) is 3.05. The number of carbonyl (C=O) groups is 1. The molecule has 4 bridgehead atoms. The fourth-order valence-electron chi connectivity index (χ4n) is 7.12. The van der Waals surface area contributed by atoms with E-state index < -0.39 is 5.60 Å². The van der Waals surface area contributed by atoms with Crippen LogP contribution in [-0.4, -0.2) is 29.3 Å². The topological polar surface area (TPSA) is 67.8 Å². The summed E-state index contributed by atoms with van der Waals surface area (Å²) in [6.45, 7) is 5.10.